The van der Waals surface area contributed by atoms with Gasteiger partial charge in [-0.05, 0) is 100.0 Å². The summed E-state index contributed by atoms with van der Waals surface area (Å²) >= 11 is 2.60. The minimum absolute atomic E-state index is 0.0277. The van der Waals surface area contributed by atoms with E-state index in [1.54, 1.807) is 38.1 Å². The van der Waals surface area contributed by atoms with Gasteiger partial charge in [0.15, 0.2) is 23.3 Å². The summed E-state index contributed by atoms with van der Waals surface area (Å²) < 4.78 is 92.5. The fourth-order valence-electron chi connectivity index (χ4n) is 5.91. The Hall–Kier alpha value is -4.27. The summed E-state index contributed by atoms with van der Waals surface area (Å²) in [7, 11) is -5.29. The molecule has 53 heavy (non-hydrogen) atoms. The average Bonchev–Trinajstić information content (AvgIpc) is 3.95. The lowest BCUT2D eigenvalue weighted by atomic mass is 9.84. The molecule has 5 rings (SSSR count). The largest absolute Gasteiger partial charge is 0.492 e. The van der Waals surface area contributed by atoms with Gasteiger partial charge in [0.05, 0.1) is 35.4 Å². The Morgan fingerprint density at radius 3 is 2.19 bits per heavy atom. The topological polar surface area (TPSA) is 104 Å². The number of halogens is 5. The van der Waals surface area contributed by atoms with Crippen molar-refractivity contribution in [3.8, 4) is 5.75 Å². The second-order valence-corrected chi connectivity index (χ2v) is 16.7. The van der Waals surface area contributed by atoms with E-state index in [1.807, 2.05) is 12.1 Å². The highest BCUT2D eigenvalue weighted by molar-refractivity contribution is 9.10. The molecule has 4 aromatic carbocycles. The molecule has 282 valence electrons. The molecule has 8 nitrogen and oxygen atoms in total. The van der Waals surface area contributed by atoms with E-state index in [4.69, 9.17) is 4.74 Å². The Bertz CT molecular complexity index is 2160. The summed E-state index contributed by atoms with van der Waals surface area (Å²) in [6.07, 6.45) is 2.01. The minimum Gasteiger partial charge on any atom is -0.492 e. The highest BCUT2D eigenvalue weighted by atomic mass is 79.9. The van der Waals surface area contributed by atoms with Crippen LogP contribution in [0.25, 0.3) is 0 Å². The van der Waals surface area contributed by atoms with Crippen molar-refractivity contribution in [3.63, 3.8) is 0 Å². The van der Waals surface area contributed by atoms with E-state index in [0.717, 1.165) is 24.0 Å². The van der Waals surface area contributed by atoms with Crippen molar-refractivity contribution in [1.29, 1.82) is 0 Å². The second kappa shape index (κ2) is 15.6. The van der Waals surface area contributed by atoms with Crippen molar-refractivity contribution in [1.82, 2.24) is 4.31 Å². The molecule has 0 saturated heterocycles. The molecule has 1 aliphatic carbocycles. The number of hydrogen-bond acceptors (Lipinski definition) is 5. The van der Waals surface area contributed by atoms with Crippen LogP contribution in [0.15, 0.2) is 70.0 Å². The number of aromatic carboxylic acids is 1. The fourth-order valence-corrected chi connectivity index (χ4v) is 8.35. The summed E-state index contributed by atoms with van der Waals surface area (Å²) in [6.45, 7) is 7.95. The first kappa shape index (κ1) is 39.9. The van der Waals surface area contributed by atoms with E-state index in [2.05, 4.69) is 42.8 Å². The molecule has 0 atom stereocenters. The van der Waals surface area contributed by atoms with Crippen LogP contribution in [0.1, 0.15) is 84.6 Å². The van der Waals surface area contributed by atoms with E-state index in [1.165, 1.54) is 23.1 Å². The molecule has 0 aromatic heterocycles. The van der Waals surface area contributed by atoms with Crippen LogP contribution in [-0.2, 0) is 33.3 Å². The number of carbonyl (C=O) groups excluding carboxylic acids is 1. The summed E-state index contributed by atoms with van der Waals surface area (Å²) in [6, 6.07) is 16.5. The number of carbonyl (C=O) groups is 2. The maximum atomic E-state index is 15.3. The molecule has 0 radical (unpaired) electrons. The molecular weight excluding hydrogens is 780 g/mol. The predicted molar refractivity (Wildman–Crippen MR) is 196 cm³/mol. The van der Waals surface area contributed by atoms with Crippen LogP contribution in [0, 0.1) is 30.2 Å². The monoisotopic (exact) mass is 818 g/mol. The first-order valence-electron chi connectivity index (χ1n) is 16.9. The molecule has 0 bridgehead atoms. The summed E-state index contributed by atoms with van der Waals surface area (Å²) in [5.41, 5.74) is 3.49. The number of hydrogen-bond donors (Lipinski definition) is 1. The molecule has 1 aliphatic rings. The van der Waals surface area contributed by atoms with Gasteiger partial charge >= 0.3 is 5.97 Å². The number of amides is 1. The number of aryl methyl sites for hydroxylation is 1. The van der Waals surface area contributed by atoms with E-state index in [-0.39, 0.29) is 35.6 Å². The molecule has 1 fully saturated rings. The third-order valence-corrected chi connectivity index (χ3v) is 11.9. The zero-order valence-corrected chi connectivity index (χ0v) is 32.2. The SMILES string of the molecule is CCOc1cc(C(=O)O)ccc1N(Cc1cc(C2CC2)cc(C(C)(C)C)c1)C(=O)CN(Cc1ccccc1C)S(=O)(=O)c1c(F)c(F)c(F)c(F)c1Br. The Morgan fingerprint density at radius 2 is 1.58 bits per heavy atom. The Balaban J connectivity index is 1.68. The zero-order chi connectivity index (χ0) is 39.0. The van der Waals surface area contributed by atoms with Gasteiger partial charge in [-0.15, -0.1) is 0 Å². The molecule has 0 spiro atoms. The lowest BCUT2D eigenvalue weighted by molar-refractivity contribution is -0.119. The van der Waals surface area contributed by atoms with Crippen LogP contribution in [0.2, 0.25) is 0 Å². The highest BCUT2D eigenvalue weighted by Crippen LogP contribution is 2.42. The van der Waals surface area contributed by atoms with Crippen molar-refractivity contribution < 1.29 is 45.4 Å². The second-order valence-electron chi connectivity index (χ2n) is 14.0. The molecular formula is C39H39BrF4N2O6S. The fraction of sp³-hybridized carbons (Fsp3) is 0.333. The van der Waals surface area contributed by atoms with Gasteiger partial charge in [-0.3, -0.25) is 4.79 Å². The maximum Gasteiger partial charge on any atom is 0.335 e. The molecule has 1 amide bonds. The van der Waals surface area contributed by atoms with Gasteiger partial charge in [0.2, 0.25) is 15.9 Å². The van der Waals surface area contributed by atoms with Crippen molar-refractivity contribution in [2.75, 3.05) is 18.1 Å². The van der Waals surface area contributed by atoms with E-state index < -0.39 is 67.6 Å². The molecule has 0 heterocycles. The number of ether oxygens (including phenoxy) is 1. The van der Waals surface area contributed by atoms with Crippen LogP contribution in [0.4, 0.5) is 23.2 Å². The van der Waals surface area contributed by atoms with Crippen molar-refractivity contribution in [3.05, 3.63) is 122 Å². The van der Waals surface area contributed by atoms with Gasteiger partial charge < -0.3 is 14.7 Å². The zero-order valence-electron chi connectivity index (χ0n) is 29.8. The van der Waals surface area contributed by atoms with Gasteiger partial charge in [-0.1, -0.05) is 63.2 Å². The summed E-state index contributed by atoms with van der Waals surface area (Å²) in [4.78, 5) is 26.3. The van der Waals surface area contributed by atoms with Crippen LogP contribution >= 0.6 is 15.9 Å². The van der Waals surface area contributed by atoms with Gasteiger partial charge in [-0.2, -0.15) is 4.31 Å². The standard InChI is InChI=1S/C39H39BrF4N2O6S/c1-6-52-30-18-25(38(48)49)13-14-29(30)46(19-23-15-27(24-11-12-24)17-28(16-23)39(3,4)5)31(47)21-45(20-26-10-8-7-9-22(26)2)53(50,51)37-32(40)33(41)34(42)35(43)36(37)44/h7-10,13-18,24H,6,11-12,19-21H2,1-5H3,(H,48,49). The summed E-state index contributed by atoms with van der Waals surface area (Å²) in [5, 5.41) is 9.71. The van der Waals surface area contributed by atoms with Crippen LogP contribution in [0.3, 0.4) is 0 Å². The predicted octanol–water partition coefficient (Wildman–Crippen LogP) is 9.01. The number of benzene rings is 4. The van der Waals surface area contributed by atoms with E-state index in [9.17, 15) is 36.3 Å². The molecule has 1 saturated carbocycles. The van der Waals surface area contributed by atoms with Crippen molar-refractivity contribution in [2.24, 2.45) is 0 Å². The van der Waals surface area contributed by atoms with Gasteiger partial charge in [0, 0.05) is 6.54 Å². The number of carboxylic acid groups (broad SMARTS) is 1. The van der Waals surface area contributed by atoms with Crippen molar-refractivity contribution in [2.45, 2.75) is 76.8 Å². The number of sulfonamides is 1. The first-order valence-corrected chi connectivity index (χ1v) is 19.1. The Morgan fingerprint density at radius 1 is 0.925 bits per heavy atom. The third-order valence-electron chi connectivity index (χ3n) is 9.06. The molecule has 1 N–H and O–H groups in total. The number of anilines is 1. The number of carboxylic acids is 1. The van der Waals surface area contributed by atoms with Crippen LogP contribution < -0.4 is 9.64 Å². The Labute approximate surface area is 314 Å². The van der Waals surface area contributed by atoms with E-state index >= 15 is 4.39 Å². The molecule has 14 heteroatoms. The lowest BCUT2D eigenvalue weighted by Crippen LogP contribution is -2.43. The smallest absolute Gasteiger partial charge is 0.335 e. The maximum absolute atomic E-state index is 15.3. The normalized spacial score (nSPS) is 13.3. The number of rotatable bonds is 13. The Kier molecular flexibility index (Phi) is 11.8. The lowest BCUT2D eigenvalue weighted by Gasteiger charge is -2.30. The van der Waals surface area contributed by atoms with Crippen LogP contribution in [-0.4, -0.2) is 42.9 Å². The van der Waals surface area contributed by atoms with Gasteiger partial charge in [0.1, 0.15) is 10.6 Å². The third kappa shape index (κ3) is 8.60. The van der Waals surface area contributed by atoms with Crippen molar-refractivity contribution >= 4 is 43.5 Å². The van der Waals surface area contributed by atoms with Gasteiger partial charge in [-0.25, -0.2) is 30.8 Å². The first-order chi connectivity index (χ1) is 24.8. The number of nitrogens with zero attached hydrogens (tertiary/aromatic N) is 2. The quantitative estimate of drug-likeness (QED) is 0.0821. The minimum atomic E-state index is -5.29. The summed E-state index contributed by atoms with van der Waals surface area (Å²) in [5.74, 6) is -10.4. The average molecular weight is 820 g/mol. The molecule has 4 aromatic rings. The highest BCUT2D eigenvalue weighted by Gasteiger charge is 2.38. The van der Waals surface area contributed by atoms with Gasteiger partial charge in [0.25, 0.3) is 0 Å². The van der Waals surface area contributed by atoms with E-state index in [0.29, 0.717) is 26.9 Å². The van der Waals surface area contributed by atoms with Crippen LogP contribution in [0.5, 0.6) is 5.75 Å². The molecule has 0 aliphatic heterocycles. The molecule has 0 unspecified atom stereocenters.